The van der Waals surface area contributed by atoms with Crippen molar-refractivity contribution < 1.29 is 46.1 Å². The molecule has 0 aliphatic heterocycles. The minimum absolute atomic E-state index is 0. The molecule has 2 aromatic rings. The van der Waals surface area contributed by atoms with Crippen LogP contribution in [0.15, 0.2) is 57.4 Å². The average Bonchev–Trinajstić information content (AvgIpc) is 3.48. The molecule has 1 saturated carbocycles. The van der Waals surface area contributed by atoms with Gasteiger partial charge in [0.25, 0.3) is 0 Å². The normalized spacial score (nSPS) is 17.1. The fraction of sp³-hybridized carbons (Fsp3) is 0.541. The molecular weight excluding hydrogens is 607 g/mol. The van der Waals surface area contributed by atoms with E-state index in [2.05, 4.69) is 111 Å². The van der Waals surface area contributed by atoms with Gasteiger partial charge in [0.05, 0.1) is 0 Å². The zero-order chi connectivity index (χ0) is 27.5. The molecule has 5 rings (SSSR count). The van der Waals surface area contributed by atoms with Gasteiger partial charge in [-0.15, -0.1) is 0 Å². The van der Waals surface area contributed by atoms with Gasteiger partial charge in [0, 0.05) is 0 Å². The molecule has 3 aliphatic carbocycles. The summed E-state index contributed by atoms with van der Waals surface area (Å²) in [5.41, 5.74) is 11.5. The Balaban J connectivity index is 0.00000220. The van der Waals surface area contributed by atoms with Gasteiger partial charge in [-0.2, -0.15) is 0 Å². The zero-order valence-corrected chi connectivity index (χ0v) is 30.4. The Kier molecular flexibility index (Phi) is 10.5. The summed E-state index contributed by atoms with van der Waals surface area (Å²) in [5, 5.41) is 0. The molecule has 0 aromatic heterocycles. The van der Waals surface area contributed by atoms with Crippen molar-refractivity contribution in [1.82, 2.24) is 0 Å². The quantitative estimate of drug-likeness (QED) is 0.446. The van der Waals surface area contributed by atoms with Gasteiger partial charge in [-0.1, -0.05) is 0 Å². The van der Waals surface area contributed by atoms with E-state index in [0.717, 1.165) is 0 Å². The van der Waals surface area contributed by atoms with E-state index in [1.54, 1.807) is 27.8 Å². The summed E-state index contributed by atoms with van der Waals surface area (Å²) < 4.78 is 4.50. The first-order chi connectivity index (χ1) is 17.8. The SMILES string of the molecule is CCC(C)(C)C1=CC[C]([Zr+2](=[C]2CCCCC2)[CH]2c3ccc(C(C)(C)C)cc3-c3cc(C(C)(C)C)ccc32)=C1.[Cl-].[Cl-]. The number of rotatable bonds is 4. The Bertz CT molecular complexity index is 1270. The van der Waals surface area contributed by atoms with Gasteiger partial charge in [-0.25, -0.2) is 0 Å². The van der Waals surface area contributed by atoms with Crippen LogP contribution in [-0.4, -0.2) is 3.21 Å². The van der Waals surface area contributed by atoms with Crippen LogP contribution in [0.3, 0.4) is 0 Å². The largest absolute Gasteiger partial charge is 1.00 e. The predicted octanol–water partition coefficient (Wildman–Crippen LogP) is 4.76. The van der Waals surface area contributed by atoms with Gasteiger partial charge in [-0.3, -0.25) is 0 Å². The number of hydrogen-bond acceptors (Lipinski definition) is 0. The van der Waals surface area contributed by atoms with Crippen molar-refractivity contribution in [3.05, 3.63) is 79.7 Å². The Labute approximate surface area is 265 Å². The first kappa shape index (κ1) is 33.8. The van der Waals surface area contributed by atoms with E-state index in [1.165, 1.54) is 56.1 Å². The van der Waals surface area contributed by atoms with Crippen molar-refractivity contribution in [3.63, 3.8) is 0 Å². The molecule has 0 unspecified atom stereocenters. The van der Waals surface area contributed by atoms with E-state index >= 15 is 0 Å². The molecule has 216 valence electrons. The van der Waals surface area contributed by atoms with Gasteiger partial charge >= 0.3 is 242 Å². The third-order valence-corrected chi connectivity index (χ3v) is 18.4. The van der Waals surface area contributed by atoms with E-state index in [-0.39, 0.29) is 41.1 Å². The second kappa shape index (κ2) is 12.5. The van der Waals surface area contributed by atoms with Crippen LogP contribution in [0.5, 0.6) is 0 Å². The van der Waals surface area contributed by atoms with Crippen molar-refractivity contribution in [2.45, 2.75) is 122 Å². The molecule has 0 atom stereocenters. The summed E-state index contributed by atoms with van der Waals surface area (Å²) in [5.74, 6) is 0. The maximum atomic E-state index is 2.71. The maximum absolute atomic E-state index is 2.71. The van der Waals surface area contributed by atoms with Crippen LogP contribution in [0.2, 0.25) is 0 Å². The Morgan fingerprint density at radius 3 is 1.68 bits per heavy atom. The summed E-state index contributed by atoms with van der Waals surface area (Å²) in [6.07, 6.45) is 14.7. The predicted molar refractivity (Wildman–Crippen MR) is 164 cm³/mol. The minimum atomic E-state index is -2.20. The fourth-order valence-electron chi connectivity index (χ4n) is 6.75. The summed E-state index contributed by atoms with van der Waals surface area (Å²) in [6, 6.07) is 15.2. The summed E-state index contributed by atoms with van der Waals surface area (Å²) in [7, 11) is 0. The van der Waals surface area contributed by atoms with Crippen molar-refractivity contribution in [2.24, 2.45) is 5.41 Å². The molecule has 40 heavy (non-hydrogen) atoms. The van der Waals surface area contributed by atoms with Crippen LogP contribution in [-0.2, 0) is 32.1 Å². The van der Waals surface area contributed by atoms with Gasteiger partial charge < -0.3 is 24.8 Å². The maximum Gasteiger partial charge on any atom is -1.00 e. The van der Waals surface area contributed by atoms with E-state index in [4.69, 9.17) is 0 Å². The van der Waals surface area contributed by atoms with E-state index < -0.39 is 21.3 Å². The molecular formula is C37H50Cl2Zr. The molecule has 0 bridgehead atoms. The van der Waals surface area contributed by atoms with Crippen molar-refractivity contribution >= 4 is 3.21 Å². The molecule has 0 nitrogen and oxygen atoms in total. The topological polar surface area (TPSA) is 0 Å². The second-order valence-corrected chi connectivity index (χ2v) is 21.7. The number of allylic oxidation sites excluding steroid dienone is 4. The molecule has 0 saturated heterocycles. The van der Waals surface area contributed by atoms with E-state index in [1.807, 2.05) is 6.49 Å². The summed E-state index contributed by atoms with van der Waals surface area (Å²) >= 11 is -2.20. The Hall–Kier alpha value is -0.747. The van der Waals surface area contributed by atoms with Gasteiger partial charge in [-0.05, 0) is 0 Å². The standard InChI is InChI=1S/C21H25.C10H15.C6H10.2ClH.Zr/c1-20(2,3)16-9-7-14-11-15-8-10-17(21(4,5)6)13-19(15)18(14)12-16;1-4-10(2,3)9-7-5-6-8-9;1-2-4-6-5-3-1;;;/h7-13H,1-6H3;7-8H,4-5H2,1-3H3;1-5H2;2*1H;/q;;;;;+2/p-2. The van der Waals surface area contributed by atoms with Crippen LogP contribution in [0.1, 0.15) is 133 Å². The first-order valence-electron chi connectivity index (χ1n) is 15.2. The molecule has 3 aliphatic rings. The number of benzene rings is 2. The van der Waals surface area contributed by atoms with Crippen molar-refractivity contribution in [1.29, 1.82) is 0 Å². The number of hydrogen-bond donors (Lipinski definition) is 0. The molecule has 0 N–H and O–H groups in total. The van der Waals surface area contributed by atoms with Crippen LogP contribution in [0, 0.1) is 5.41 Å². The average molecular weight is 657 g/mol. The fourth-order valence-corrected chi connectivity index (χ4v) is 16.3. The third kappa shape index (κ3) is 6.43. The number of halogens is 2. The number of fused-ring (bicyclic) bond motifs is 3. The molecule has 0 radical (unpaired) electrons. The second-order valence-electron chi connectivity index (χ2n) is 14.9. The van der Waals surface area contributed by atoms with Gasteiger partial charge in [0.1, 0.15) is 0 Å². The molecule has 0 heterocycles. The van der Waals surface area contributed by atoms with Crippen molar-refractivity contribution in [3.8, 4) is 11.1 Å². The van der Waals surface area contributed by atoms with Crippen molar-refractivity contribution in [2.75, 3.05) is 0 Å². The Morgan fingerprint density at radius 1 is 0.725 bits per heavy atom. The molecule has 0 amide bonds. The monoisotopic (exact) mass is 654 g/mol. The Morgan fingerprint density at radius 2 is 1.23 bits per heavy atom. The van der Waals surface area contributed by atoms with Gasteiger partial charge in [0.15, 0.2) is 0 Å². The van der Waals surface area contributed by atoms with E-state index in [9.17, 15) is 0 Å². The third-order valence-electron chi connectivity index (χ3n) is 9.76. The molecule has 1 fully saturated rings. The first-order valence-corrected chi connectivity index (χ1v) is 19.1. The smallest absolute Gasteiger partial charge is 1.00 e. The molecule has 0 spiro atoms. The van der Waals surface area contributed by atoms with Crippen LogP contribution in [0.4, 0.5) is 0 Å². The summed E-state index contributed by atoms with van der Waals surface area (Å²) in [6.45, 7) is 21.4. The zero-order valence-electron chi connectivity index (χ0n) is 26.4. The molecule has 3 heteroatoms. The van der Waals surface area contributed by atoms with Crippen LogP contribution < -0.4 is 24.8 Å². The summed E-state index contributed by atoms with van der Waals surface area (Å²) in [4.78, 5) is 0. The molecule has 2 aromatic carbocycles. The van der Waals surface area contributed by atoms with Gasteiger partial charge in [0.2, 0.25) is 0 Å². The minimum Gasteiger partial charge on any atom is -1.00 e. The van der Waals surface area contributed by atoms with Crippen LogP contribution >= 0.6 is 0 Å². The van der Waals surface area contributed by atoms with Crippen LogP contribution in [0.25, 0.3) is 11.1 Å². The van der Waals surface area contributed by atoms with E-state index in [0.29, 0.717) is 3.63 Å².